The highest BCUT2D eigenvalue weighted by Crippen LogP contribution is 2.53. The second-order valence-corrected chi connectivity index (χ2v) is 14.8. The molecule has 4 nitrogen and oxygen atoms in total. The minimum absolute atomic E-state index is 0.831. The molecule has 0 saturated carbocycles. The SMILES string of the molecule is c1ccc2c(c1)Oc1ccccc1-c1cc(N(c3ccc4c(c3)-c3ccccc3Oc3ccccc3-4)c3ccc4c(c3)-c3ccccc3Oc3ccccc3-4)ccc1-2. The molecule has 0 bridgehead atoms. The van der Waals surface area contributed by atoms with Gasteiger partial charge in [-0.15, -0.1) is 0 Å². The molecule has 0 aliphatic carbocycles. The lowest BCUT2D eigenvalue weighted by atomic mass is 9.91. The summed E-state index contributed by atoms with van der Waals surface area (Å²) < 4.78 is 19.8. The molecule has 0 N–H and O–H groups in total. The van der Waals surface area contributed by atoms with E-state index in [9.17, 15) is 0 Å². The van der Waals surface area contributed by atoms with E-state index in [0.29, 0.717) is 0 Å². The summed E-state index contributed by atoms with van der Waals surface area (Å²) in [5.41, 5.74) is 16.1. The molecule has 0 saturated heterocycles. The number of hydrogen-bond donors (Lipinski definition) is 0. The Bertz CT molecular complexity index is 2790. The van der Waals surface area contributed by atoms with Gasteiger partial charge in [0.1, 0.15) is 34.5 Å². The molecule has 3 aliphatic rings. The zero-order valence-electron chi connectivity index (χ0n) is 31.2. The summed E-state index contributed by atoms with van der Waals surface area (Å²) in [4.78, 5) is 2.38. The topological polar surface area (TPSA) is 30.9 Å². The summed E-state index contributed by atoms with van der Waals surface area (Å²) in [6, 6.07) is 70.3. The summed E-state index contributed by atoms with van der Waals surface area (Å²) in [6.07, 6.45) is 0. The summed E-state index contributed by atoms with van der Waals surface area (Å²) in [5.74, 6) is 5.03. The quantitative estimate of drug-likeness (QED) is 0.180. The first-order chi connectivity index (χ1) is 28.7. The lowest BCUT2D eigenvalue weighted by molar-refractivity contribution is 0.487. The van der Waals surface area contributed by atoms with Crippen LogP contribution in [0.3, 0.4) is 0 Å². The van der Waals surface area contributed by atoms with Gasteiger partial charge in [0, 0.05) is 50.4 Å². The second-order valence-electron chi connectivity index (χ2n) is 14.8. The monoisotopic (exact) mass is 743 g/mol. The van der Waals surface area contributed by atoms with E-state index in [-0.39, 0.29) is 0 Å². The van der Waals surface area contributed by atoms with Crippen molar-refractivity contribution in [2.75, 3.05) is 4.90 Å². The molecule has 272 valence electrons. The van der Waals surface area contributed by atoms with Crippen LogP contribution >= 0.6 is 0 Å². The zero-order valence-corrected chi connectivity index (χ0v) is 31.2. The molecule has 9 aromatic carbocycles. The molecule has 9 aromatic rings. The average Bonchev–Trinajstić information content (AvgIpc) is 3.59. The third-order valence-corrected chi connectivity index (χ3v) is 11.5. The number of para-hydroxylation sites is 6. The second kappa shape index (κ2) is 12.9. The van der Waals surface area contributed by atoms with Gasteiger partial charge in [-0.05, 0) is 106 Å². The van der Waals surface area contributed by atoms with Crippen molar-refractivity contribution in [3.05, 3.63) is 200 Å². The largest absolute Gasteiger partial charge is 0.456 e. The van der Waals surface area contributed by atoms with Crippen molar-refractivity contribution < 1.29 is 14.2 Å². The van der Waals surface area contributed by atoms with Crippen molar-refractivity contribution in [2.45, 2.75) is 0 Å². The van der Waals surface area contributed by atoms with Crippen LogP contribution in [0.2, 0.25) is 0 Å². The molecule has 0 radical (unpaired) electrons. The van der Waals surface area contributed by atoms with Crippen LogP contribution in [0.1, 0.15) is 0 Å². The van der Waals surface area contributed by atoms with Gasteiger partial charge in [0.2, 0.25) is 0 Å². The molecule has 0 fully saturated rings. The number of nitrogens with zero attached hydrogens (tertiary/aromatic N) is 1. The third kappa shape index (κ3) is 5.09. The Kier molecular flexibility index (Phi) is 7.20. The first-order valence-corrected chi connectivity index (χ1v) is 19.6. The smallest absolute Gasteiger partial charge is 0.135 e. The molecular formula is C54H33NO3. The van der Waals surface area contributed by atoms with E-state index in [0.717, 1.165) is 118 Å². The van der Waals surface area contributed by atoms with Crippen LogP contribution in [0.4, 0.5) is 17.1 Å². The number of benzene rings is 9. The molecular weight excluding hydrogens is 711 g/mol. The van der Waals surface area contributed by atoms with Crippen LogP contribution in [-0.2, 0) is 0 Å². The molecule has 0 amide bonds. The van der Waals surface area contributed by atoms with Gasteiger partial charge in [0.15, 0.2) is 0 Å². The van der Waals surface area contributed by atoms with Crippen LogP contribution in [0.5, 0.6) is 34.5 Å². The van der Waals surface area contributed by atoms with Crippen molar-refractivity contribution in [1.82, 2.24) is 0 Å². The van der Waals surface area contributed by atoms with Crippen LogP contribution in [-0.4, -0.2) is 0 Å². The number of rotatable bonds is 3. The summed E-state index contributed by atoms with van der Waals surface area (Å²) in [7, 11) is 0. The fraction of sp³-hybridized carbons (Fsp3) is 0. The van der Waals surface area contributed by atoms with Crippen LogP contribution < -0.4 is 19.1 Å². The number of anilines is 3. The molecule has 58 heavy (non-hydrogen) atoms. The van der Waals surface area contributed by atoms with Crippen LogP contribution in [0.15, 0.2) is 200 Å². The Balaban J connectivity index is 1.13. The van der Waals surface area contributed by atoms with E-state index < -0.39 is 0 Å². The number of hydrogen-bond acceptors (Lipinski definition) is 4. The van der Waals surface area contributed by atoms with Gasteiger partial charge < -0.3 is 19.1 Å². The van der Waals surface area contributed by atoms with Gasteiger partial charge >= 0.3 is 0 Å². The van der Waals surface area contributed by atoms with E-state index in [1.165, 1.54) is 0 Å². The summed E-state index contributed by atoms with van der Waals surface area (Å²) in [5, 5.41) is 0. The lowest BCUT2D eigenvalue weighted by Crippen LogP contribution is -2.11. The molecule has 4 heteroatoms. The molecule has 0 atom stereocenters. The molecule has 3 aliphatic heterocycles. The maximum absolute atomic E-state index is 6.59. The fourth-order valence-electron chi connectivity index (χ4n) is 8.86. The van der Waals surface area contributed by atoms with Crippen LogP contribution in [0.25, 0.3) is 66.8 Å². The Morgan fingerprint density at radius 1 is 0.207 bits per heavy atom. The third-order valence-electron chi connectivity index (χ3n) is 11.5. The van der Waals surface area contributed by atoms with Gasteiger partial charge in [-0.3, -0.25) is 0 Å². The average molecular weight is 744 g/mol. The van der Waals surface area contributed by atoms with Crippen molar-refractivity contribution in [2.24, 2.45) is 0 Å². The fourth-order valence-corrected chi connectivity index (χ4v) is 8.86. The van der Waals surface area contributed by atoms with Crippen molar-refractivity contribution in [3.63, 3.8) is 0 Å². The van der Waals surface area contributed by atoms with Gasteiger partial charge in [-0.2, -0.15) is 0 Å². The first-order valence-electron chi connectivity index (χ1n) is 19.6. The minimum Gasteiger partial charge on any atom is -0.456 e. The van der Waals surface area contributed by atoms with Gasteiger partial charge in [0.05, 0.1) is 0 Å². The molecule has 0 aromatic heterocycles. The van der Waals surface area contributed by atoms with Crippen molar-refractivity contribution in [1.29, 1.82) is 0 Å². The van der Waals surface area contributed by atoms with E-state index >= 15 is 0 Å². The Labute approximate surface area is 336 Å². The molecule has 0 unspecified atom stereocenters. The van der Waals surface area contributed by atoms with E-state index in [1.54, 1.807) is 0 Å². The van der Waals surface area contributed by atoms with Gasteiger partial charge in [-0.1, -0.05) is 127 Å². The lowest BCUT2D eigenvalue weighted by Gasteiger charge is -2.28. The van der Waals surface area contributed by atoms with E-state index in [1.807, 2.05) is 54.6 Å². The minimum atomic E-state index is 0.831. The van der Waals surface area contributed by atoms with E-state index in [4.69, 9.17) is 14.2 Å². The predicted molar refractivity (Wildman–Crippen MR) is 234 cm³/mol. The van der Waals surface area contributed by atoms with Crippen molar-refractivity contribution >= 4 is 17.1 Å². The molecule has 3 heterocycles. The summed E-state index contributed by atoms with van der Waals surface area (Å²) >= 11 is 0. The maximum Gasteiger partial charge on any atom is 0.135 e. The van der Waals surface area contributed by atoms with Crippen LogP contribution in [0, 0.1) is 0 Å². The van der Waals surface area contributed by atoms with Gasteiger partial charge in [-0.25, -0.2) is 0 Å². The highest BCUT2D eigenvalue weighted by molar-refractivity contribution is 5.98. The van der Waals surface area contributed by atoms with Gasteiger partial charge in [0.25, 0.3) is 0 Å². The maximum atomic E-state index is 6.59. The first kappa shape index (κ1) is 32.4. The number of ether oxygens (including phenoxy) is 3. The predicted octanol–water partition coefficient (Wildman–Crippen LogP) is 15.5. The molecule has 0 spiro atoms. The Morgan fingerprint density at radius 2 is 0.431 bits per heavy atom. The Hall–Kier alpha value is -7.82. The Morgan fingerprint density at radius 3 is 0.690 bits per heavy atom. The van der Waals surface area contributed by atoms with Crippen molar-refractivity contribution in [3.8, 4) is 101 Å². The standard InChI is InChI=1S/C54H33NO3/c1-7-19-49-40(13-1)37-28-25-34(31-46(37)43-16-4-10-22-52(43)56-49)55(35-26-29-38-41-14-2-8-20-50(41)57-53-23-11-5-17-44(53)47(38)32-35)36-27-30-39-42-15-3-9-21-51(42)58-54-24-12-6-18-45(54)48(39)33-36/h1-33H. The van der Waals surface area contributed by atoms with E-state index in [2.05, 4.69) is 150 Å². The normalized spacial score (nSPS) is 12.2. The summed E-state index contributed by atoms with van der Waals surface area (Å²) in [6.45, 7) is 0. The highest BCUT2D eigenvalue weighted by atomic mass is 16.5. The zero-order chi connectivity index (χ0) is 38.2. The highest BCUT2D eigenvalue weighted by Gasteiger charge is 2.27. The number of fused-ring (bicyclic) bond motifs is 15. The molecule has 12 rings (SSSR count).